The van der Waals surface area contributed by atoms with Crippen LogP contribution in [0.5, 0.6) is 0 Å². The van der Waals surface area contributed by atoms with Crippen LogP contribution in [0, 0.1) is 0 Å². The summed E-state index contributed by atoms with van der Waals surface area (Å²) in [5.74, 6) is 1.40. The maximum absolute atomic E-state index is 5.97. The lowest BCUT2D eigenvalue weighted by atomic mass is 10.2. The number of hydrogen-bond donors (Lipinski definition) is 0. The van der Waals surface area contributed by atoms with Gasteiger partial charge in [-0.15, -0.1) is 11.6 Å². The third-order valence-electron chi connectivity index (χ3n) is 2.61. The van der Waals surface area contributed by atoms with Gasteiger partial charge in [-0.2, -0.15) is 0 Å². The van der Waals surface area contributed by atoms with Crippen molar-refractivity contribution < 1.29 is 4.74 Å². The van der Waals surface area contributed by atoms with Crippen molar-refractivity contribution in [3.63, 3.8) is 0 Å². The first-order valence-corrected chi connectivity index (χ1v) is 6.92. The summed E-state index contributed by atoms with van der Waals surface area (Å²) in [6, 6.07) is 2.29. The van der Waals surface area contributed by atoms with Gasteiger partial charge in [0.25, 0.3) is 0 Å². The number of rotatable bonds is 6. The fourth-order valence-electron chi connectivity index (χ4n) is 1.83. The summed E-state index contributed by atoms with van der Waals surface area (Å²) in [4.78, 5) is 6.66. The number of anilines is 1. The minimum atomic E-state index is 0.278. The zero-order valence-electron chi connectivity index (χ0n) is 10.4. The smallest absolute Gasteiger partial charge is 0.133 e. The zero-order chi connectivity index (χ0) is 12.8. The van der Waals surface area contributed by atoms with Crippen LogP contribution in [-0.4, -0.2) is 31.3 Å². The first-order valence-electron chi connectivity index (χ1n) is 5.60. The van der Waals surface area contributed by atoms with Crippen molar-refractivity contribution in [1.82, 2.24) is 4.98 Å². The van der Waals surface area contributed by atoms with E-state index < -0.39 is 0 Å². The molecule has 0 radical (unpaired) electrons. The molecule has 0 bridgehead atoms. The minimum Gasteiger partial charge on any atom is -0.383 e. The highest BCUT2D eigenvalue weighted by Crippen LogP contribution is 2.24. The second-order valence-corrected chi connectivity index (χ2v) is 5.04. The van der Waals surface area contributed by atoms with E-state index in [1.54, 1.807) is 13.3 Å². The molecule has 3 nitrogen and oxygen atoms in total. The van der Waals surface area contributed by atoms with Gasteiger partial charge in [-0.1, -0.05) is 0 Å². The molecule has 5 heteroatoms. The Labute approximate surface area is 116 Å². The van der Waals surface area contributed by atoms with Gasteiger partial charge in [-0.3, -0.25) is 0 Å². The van der Waals surface area contributed by atoms with E-state index in [1.165, 1.54) is 0 Å². The Kier molecular flexibility index (Phi) is 6.23. The Morgan fingerprint density at radius 1 is 1.59 bits per heavy atom. The van der Waals surface area contributed by atoms with Crippen LogP contribution in [0.15, 0.2) is 16.7 Å². The van der Waals surface area contributed by atoms with Crippen LogP contribution in [0.25, 0.3) is 0 Å². The van der Waals surface area contributed by atoms with Crippen LogP contribution < -0.4 is 4.90 Å². The molecule has 1 aromatic rings. The average Bonchev–Trinajstić information content (AvgIpc) is 2.32. The lowest BCUT2D eigenvalue weighted by molar-refractivity contribution is 0.181. The number of nitrogens with zero attached hydrogens (tertiary/aromatic N) is 2. The number of alkyl halides is 1. The second-order valence-electron chi connectivity index (χ2n) is 3.86. The Morgan fingerprint density at radius 3 is 2.82 bits per heavy atom. The molecule has 1 rings (SSSR count). The first-order chi connectivity index (χ1) is 8.13. The van der Waals surface area contributed by atoms with Gasteiger partial charge in [0.15, 0.2) is 0 Å². The normalized spacial score (nSPS) is 12.5. The highest BCUT2D eigenvalue weighted by atomic mass is 79.9. The molecule has 17 heavy (non-hydrogen) atoms. The summed E-state index contributed by atoms with van der Waals surface area (Å²) >= 11 is 9.38. The topological polar surface area (TPSA) is 25.4 Å². The van der Waals surface area contributed by atoms with Crippen molar-refractivity contribution in [3.8, 4) is 0 Å². The van der Waals surface area contributed by atoms with Gasteiger partial charge in [-0.25, -0.2) is 4.98 Å². The summed E-state index contributed by atoms with van der Waals surface area (Å²) in [5, 5.41) is 0. The number of pyridine rings is 1. The molecule has 0 spiro atoms. The van der Waals surface area contributed by atoms with E-state index in [9.17, 15) is 0 Å². The third-order valence-corrected chi connectivity index (χ3v) is 3.33. The Morgan fingerprint density at radius 2 is 2.29 bits per heavy atom. The van der Waals surface area contributed by atoms with Gasteiger partial charge >= 0.3 is 0 Å². The van der Waals surface area contributed by atoms with Crippen molar-refractivity contribution in [2.24, 2.45) is 0 Å². The van der Waals surface area contributed by atoms with Gasteiger partial charge in [0.05, 0.1) is 18.5 Å². The summed E-state index contributed by atoms with van der Waals surface area (Å²) in [6.07, 6.45) is 1.80. The summed E-state index contributed by atoms with van der Waals surface area (Å²) in [6.45, 7) is 5.78. The van der Waals surface area contributed by atoms with E-state index >= 15 is 0 Å². The first kappa shape index (κ1) is 14.7. The van der Waals surface area contributed by atoms with E-state index in [0.29, 0.717) is 12.5 Å². The zero-order valence-corrected chi connectivity index (χ0v) is 12.8. The molecule has 1 atom stereocenters. The van der Waals surface area contributed by atoms with E-state index in [0.717, 1.165) is 22.4 Å². The SMILES string of the molecule is CCN(c1ncc(Br)cc1CCl)C(C)COC. The van der Waals surface area contributed by atoms with E-state index in [1.807, 2.05) is 6.07 Å². The fraction of sp³-hybridized carbons (Fsp3) is 0.583. The number of aromatic nitrogens is 1. The van der Waals surface area contributed by atoms with E-state index in [4.69, 9.17) is 16.3 Å². The van der Waals surface area contributed by atoms with E-state index in [-0.39, 0.29) is 6.04 Å². The highest BCUT2D eigenvalue weighted by molar-refractivity contribution is 9.10. The highest BCUT2D eigenvalue weighted by Gasteiger charge is 2.17. The van der Waals surface area contributed by atoms with Crippen LogP contribution in [0.3, 0.4) is 0 Å². The molecule has 0 saturated carbocycles. The van der Waals surface area contributed by atoms with E-state index in [2.05, 4.69) is 39.7 Å². The summed E-state index contributed by atoms with van der Waals surface area (Å²) in [5.41, 5.74) is 1.03. The second kappa shape index (κ2) is 7.19. The minimum absolute atomic E-state index is 0.278. The molecule has 1 aromatic heterocycles. The lowest BCUT2D eigenvalue weighted by Crippen LogP contribution is -2.37. The standard InChI is InChI=1S/C12H18BrClN2O/c1-4-16(9(2)8-17-3)12-10(6-14)5-11(13)7-15-12/h5,7,9H,4,6,8H2,1-3H3. The number of methoxy groups -OCH3 is 1. The predicted molar refractivity (Wildman–Crippen MR) is 75.9 cm³/mol. The van der Waals surface area contributed by atoms with Gasteiger partial charge in [0, 0.05) is 29.9 Å². The largest absolute Gasteiger partial charge is 0.383 e. The molecular formula is C12H18BrClN2O. The van der Waals surface area contributed by atoms with Gasteiger partial charge in [0.2, 0.25) is 0 Å². The monoisotopic (exact) mass is 320 g/mol. The molecule has 0 amide bonds. The maximum atomic E-state index is 5.97. The van der Waals surface area contributed by atoms with Crippen molar-refractivity contribution in [3.05, 3.63) is 22.3 Å². The number of hydrogen-bond acceptors (Lipinski definition) is 3. The molecule has 0 saturated heterocycles. The molecule has 0 aliphatic carbocycles. The molecule has 0 aliphatic rings. The van der Waals surface area contributed by atoms with Crippen molar-refractivity contribution >= 4 is 33.3 Å². The Bertz CT molecular complexity index is 362. The molecule has 0 aromatic carbocycles. The summed E-state index contributed by atoms with van der Waals surface area (Å²) in [7, 11) is 1.71. The molecule has 0 N–H and O–H groups in total. The molecule has 0 fully saturated rings. The summed E-state index contributed by atoms with van der Waals surface area (Å²) < 4.78 is 6.14. The van der Waals surface area contributed by atoms with Crippen molar-refractivity contribution in [2.75, 3.05) is 25.2 Å². The molecule has 96 valence electrons. The molecular weight excluding hydrogens is 304 g/mol. The lowest BCUT2D eigenvalue weighted by Gasteiger charge is -2.30. The fourth-order valence-corrected chi connectivity index (χ4v) is 2.41. The Hall–Kier alpha value is -0.320. The van der Waals surface area contributed by atoms with Crippen LogP contribution in [-0.2, 0) is 10.6 Å². The quantitative estimate of drug-likeness (QED) is 0.751. The maximum Gasteiger partial charge on any atom is 0.133 e. The molecule has 0 aliphatic heterocycles. The van der Waals surface area contributed by atoms with Crippen LogP contribution in [0.2, 0.25) is 0 Å². The van der Waals surface area contributed by atoms with Crippen molar-refractivity contribution in [1.29, 1.82) is 0 Å². The predicted octanol–water partition coefficient (Wildman–Crippen LogP) is 3.44. The van der Waals surface area contributed by atoms with Crippen molar-refractivity contribution in [2.45, 2.75) is 25.8 Å². The molecule has 1 unspecified atom stereocenters. The third kappa shape index (κ3) is 3.83. The van der Waals surface area contributed by atoms with Crippen LogP contribution in [0.4, 0.5) is 5.82 Å². The number of likely N-dealkylation sites (N-methyl/N-ethyl adjacent to an activating group) is 1. The van der Waals surface area contributed by atoms with Crippen LogP contribution in [0.1, 0.15) is 19.4 Å². The van der Waals surface area contributed by atoms with Gasteiger partial charge < -0.3 is 9.64 Å². The van der Waals surface area contributed by atoms with Gasteiger partial charge in [0.1, 0.15) is 5.82 Å². The average molecular weight is 322 g/mol. The van der Waals surface area contributed by atoms with Crippen LogP contribution >= 0.6 is 27.5 Å². The van der Waals surface area contributed by atoms with Gasteiger partial charge in [-0.05, 0) is 35.8 Å². The number of ether oxygens (including phenoxy) is 1. The molecule has 1 heterocycles. The number of halogens is 2. The Balaban J connectivity index is 3.02.